The largest absolute Gasteiger partial charge is 0.352 e. The van der Waals surface area contributed by atoms with Crippen LogP contribution in [0.2, 0.25) is 0 Å². The van der Waals surface area contributed by atoms with Gasteiger partial charge in [0.25, 0.3) is 0 Å². The van der Waals surface area contributed by atoms with E-state index in [1.165, 1.54) is 11.0 Å². The van der Waals surface area contributed by atoms with Crippen LogP contribution in [0.3, 0.4) is 0 Å². The number of anilines is 1. The van der Waals surface area contributed by atoms with E-state index >= 15 is 0 Å². The minimum absolute atomic E-state index is 0. The number of halogens is 3. The zero-order valence-electron chi connectivity index (χ0n) is 13.9. The number of hydrogen-bond donors (Lipinski definition) is 2. The lowest BCUT2D eigenvalue weighted by Gasteiger charge is -2.31. The third-order valence-corrected chi connectivity index (χ3v) is 4.85. The van der Waals surface area contributed by atoms with E-state index in [2.05, 4.69) is 17.6 Å². The summed E-state index contributed by atoms with van der Waals surface area (Å²) in [6.45, 7) is 3.85. The van der Waals surface area contributed by atoms with E-state index in [-0.39, 0.29) is 48.9 Å². The molecule has 2 aliphatic rings. The van der Waals surface area contributed by atoms with E-state index in [0.29, 0.717) is 12.5 Å². The topological polar surface area (TPSA) is 61.4 Å². The Kier molecular flexibility index (Phi) is 6.35. The summed E-state index contributed by atoms with van der Waals surface area (Å²) in [6, 6.07) is 3.12. The summed E-state index contributed by atoms with van der Waals surface area (Å²) >= 11 is 0. The lowest BCUT2D eigenvalue weighted by atomic mass is 9.94. The van der Waals surface area contributed by atoms with Gasteiger partial charge in [-0.15, -0.1) is 12.4 Å². The minimum Gasteiger partial charge on any atom is -0.352 e. The quantitative estimate of drug-likeness (QED) is 0.850. The van der Waals surface area contributed by atoms with Gasteiger partial charge in [-0.25, -0.2) is 8.78 Å². The van der Waals surface area contributed by atoms with Gasteiger partial charge in [-0.2, -0.15) is 0 Å². The van der Waals surface area contributed by atoms with Gasteiger partial charge in [-0.1, -0.05) is 6.92 Å². The predicted molar refractivity (Wildman–Crippen MR) is 92.6 cm³/mol. The van der Waals surface area contributed by atoms with Crippen LogP contribution in [0.1, 0.15) is 19.8 Å². The summed E-state index contributed by atoms with van der Waals surface area (Å²) in [5, 5.41) is 6.23. The van der Waals surface area contributed by atoms with E-state index in [1.807, 2.05) is 0 Å². The number of nitrogens with zero attached hydrogens (tertiary/aromatic N) is 1. The summed E-state index contributed by atoms with van der Waals surface area (Å²) in [7, 11) is 0. The molecule has 8 heteroatoms. The van der Waals surface area contributed by atoms with Crippen molar-refractivity contribution < 1.29 is 18.4 Å². The molecule has 2 N–H and O–H groups in total. The summed E-state index contributed by atoms with van der Waals surface area (Å²) < 4.78 is 26.9. The third kappa shape index (κ3) is 4.27. The Bertz CT molecular complexity index is 659. The van der Waals surface area contributed by atoms with Crippen LogP contribution < -0.4 is 15.5 Å². The molecule has 0 aliphatic carbocycles. The van der Waals surface area contributed by atoms with Crippen LogP contribution in [0.4, 0.5) is 14.5 Å². The first-order valence-electron chi connectivity index (χ1n) is 8.22. The van der Waals surface area contributed by atoms with Crippen molar-refractivity contribution in [3.8, 4) is 0 Å². The maximum atomic E-state index is 13.9. The van der Waals surface area contributed by atoms with Gasteiger partial charge in [0.2, 0.25) is 11.8 Å². The van der Waals surface area contributed by atoms with Gasteiger partial charge >= 0.3 is 0 Å². The highest BCUT2D eigenvalue weighted by Gasteiger charge is 2.37. The molecule has 2 amide bonds. The Balaban J connectivity index is 0.00000225. The van der Waals surface area contributed by atoms with E-state index in [9.17, 15) is 18.4 Å². The SMILES string of the molecule is CC1CCNCC1NC(=O)C1CC(=O)N(c2ccc(F)cc2F)C1.Cl. The Morgan fingerprint density at radius 3 is 2.80 bits per heavy atom. The number of nitrogens with one attached hydrogen (secondary N) is 2. The molecule has 25 heavy (non-hydrogen) atoms. The molecule has 0 radical (unpaired) electrons. The van der Waals surface area contributed by atoms with E-state index in [4.69, 9.17) is 0 Å². The maximum Gasteiger partial charge on any atom is 0.227 e. The van der Waals surface area contributed by atoms with Crippen molar-refractivity contribution in [3.05, 3.63) is 29.8 Å². The molecule has 1 aromatic rings. The number of carbonyl (C=O) groups excluding carboxylic acids is 2. The zero-order valence-corrected chi connectivity index (χ0v) is 14.7. The first kappa shape index (κ1) is 19.6. The summed E-state index contributed by atoms with van der Waals surface area (Å²) in [4.78, 5) is 25.8. The maximum absolute atomic E-state index is 13.9. The van der Waals surface area contributed by atoms with Crippen molar-refractivity contribution in [2.75, 3.05) is 24.5 Å². The number of rotatable bonds is 3. The fourth-order valence-corrected chi connectivity index (χ4v) is 3.30. The predicted octanol–water partition coefficient (Wildman–Crippen LogP) is 1.85. The minimum atomic E-state index is -0.797. The van der Waals surface area contributed by atoms with Gasteiger partial charge in [-0.3, -0.25) is 9.59 Å². The fourth-order valence-electron chi connectivity index (χ4n) is 3.30. The number of piperidine rings is 1. The second kappa shape index (κ2) is 8.10. The smallest absolute Gasteiger partial charge is 0.227 e. The molecule has 0 bridgehead atoms. The number of benzene rings is 1. The molecular weight excluding hydrogens is 352 g/mol. The molecule has 0 aromatic heterocycles. The van der Waals surface area contributed by atoms with Crippen LogP contribution in [-0.4, -0.2) is 37.5 Å². The van der Waals surface area contributed by atoms with Crippen LogP contribution in [0.25, 0.3) is 0 Å². The van der Waals surface area contributed by atoms with Crippen molar-refractivity contribution in [2.45, 2.75) is 25.8 Å². The van der Waals surface area contributed by atoms with Crippen LogP contribution in [-0.2, 0) is 9.59 Å². The van der Waals surface area contributed by atoms with Crippen molar-refractivity contribution in [2.24, 2.45) is 11.8 Å². The highest BCUT2D eigenvalue weighted by molar-refractivity contribution is 6.00. The lowest BCUT2D eigenvalue weighted by molar-refractivity contribution is -0.127. The zero-order chi connectivity index (χ0) is 17.3. The van der Waals surface area contributed by atoms with E-state index in [0.717, 1.165) is 25.1 Å². The highest BCUT2D eigenvalue weighted by atomic mass is 35.5. The van der Waals surface area contributed by atoms with Crippen molar-refractivity contribution >= 4 is 29.9 Å². The van der Waals surface area contributed by atoms with Gasteiger partial charge in [0.15, 0.2) is 0 Å². The van der Waals surface area contributed by atoms with Crippen LogP contribution in [0, 0.1) is 23.5 Å². The normalized spacial score (nSPS) is 26.3. The molecule has 0 saturated carbocycles. The van der Waals surface area contributed by atoms with Gasteiger partial charge < -0.3 is 15.5 Å². The van der Waals surface area contributed by atoms with Crippen LogP contribution in [0.5, 0.6) is 0 Å². The molecule has 138 valence electrons. The Morgan fingerprint density at radius 2 is 2.12 bits per heavy atom. The van der Waals surface area contributed by atoms with Crippen molar-refractivity contribution in [1.82, 2.24) is 10.6 Å². The standard InChI is InChI=1S/C17H21F2N3O2.ClH/c1-10-4-5-20-8-14(10)21-17(24)11-6-16(23)22(9-11)15-3-2-12(18)7-13(15)19;/h2-3,7,10-11,14,20H,4-6,8-9H2,1H3,(H,21,24);1H. The molecule has 5 nitrogen and oxygen atoms in total. The Hall–Kier alpha value is -1.73. The summed E-state index contributed by atoms with van der Waals surface area (Å²) in [6.07, 6.45) is 1.03. The third-order valence-electron chi connectivity index (χ3n) is 4.85. The van der Waals surface area contributed by atoms with Gasteiger partial charge in [-0.05, 0) is 31.0 Å². The molecule has 2 fully saturated rings. The molecule has 3 atom stereocenters. The fraction of sp³-hybridized carbons (Fsp3) is 0.529. The van der Waals surface area contributed by atoms with E-state index in [1.54, 1.807) is 0 Å². The molecule has 3 unspecified atom stereocenters. The molecule has 0 spiro atoms. The average molecular weight is 374 g/mol. The van der Waals surface area contributed by atoms with Crippen molar-refractivity contribution in [1.29, 1.82) is 0 Å². The number of amides is 2. The average Bonchev–Trinajstić information content (AvgIpc) is 2.91. The lowest BCUT2D eigenvalue weighted by Crippen LogP contribution is -2.51. The number of hydrogen-bond acceptors (Lipinski definition) is 3. The monoisotopic (exact) mass is 373 g/mol. The second-order valence-electron chi connectivity index (χ2n) is 6.59. The first-order chi connectivity index (χ1) is 11.5. The molecular formula is C17H22ClF2N3O2. The number of carbonyl (C=O) groups is 2. The molecule has 2 heterocycles. The summed E-state index contributed by atoms with van der Waals surface area (Å²) in [5.41, 5.74) is 0.0180. The molecule has 2 aliphatic heterocycles. The summed E-state index contributed by atoms with van der Waals surface area (Å²) in [5.74, 6) is -2.15. The first-order valence-corrected chi connectivity index (χ1v) is 8.22. The van der Waals surface area contributed by atoms with Crippen molar-refractivity contribution in [3.63, 3.8) is 0 Å². The second-order valence-corrected chi connectivity index (χ2v) is 6.59. The highest BCUT2D eigenvalue weighted by Crippen LogP contribution is 2.28. The molecule has 1 aromatic carbocycles. The van der Waals surface area contributed by atoms with Gasteiger partial charge in [0, 0.05) is 31.6 Å². The van der Waals surface area contributed by atoms with Gasteiger partial charge in [0.05, 0.1) is 11.6 Å². The van der Waals surface area contributed by atoms with E-state index < -0.39 is 17.6 Å². The van der Waals surface area contributed by atoms with Crippen LogP contribution >= 0.6 is 12.4 Å². The molecule has 3 rings (SSSR count). The Labute approximate surface area is 151 Å². The van der Waals surface area contributed by atoms with Gasteiger partial charge in [0.1, 0.15) is 11.6 Å². The Morgan fingerprint density at radius 1 is 1.36 bits per heavy atom. The molecule has 2 saturated heterocycles. The van der Waals surface area contributed by atoms with Crippen LogP contribution in [0.15, 0.2) is 18.2 Å².